The molecule has 0 radical (unpaired) electrons. The molecule has 0 bridgehead atoms. The van der Waals surface area contributed by atoms with Crippen LogP contribution in [0.25, 0.3) is 10.9 Å². The van der Waals surface area contributed by atoms with Crippen LogP contribution in [0.2, 0.25) is 0 Å². The van der Waals surface area contributed by atoms with Gasteiger partial charge in [-0.2, -0.15) is 0 Å². The number of rotatable bonds is 12. The minimum atomic E-state index is -0.925. The summed E-state index contributed by atoms with van der Waals surface area (Å²) in [5.41, 5.74) is 17.5. The number of benzene rings is 2. The zero-order valence-corrected chi connectivity index (χ0v) is 19.4. The van der Waals surface area contributed by atoms with Crippen LogP contribution in [0.4, 0.5) is 5.69 Å². The molecular formula is C24H27N7O5. The average Bonchev–Trinajstić information content (AvgIpc) is 2.85. The molecule has 0 spiro atoms. The van der Waals surface area contributed by atoms with E-state index in [1.54, 1.807) is 24.3 Å². The molecular weight excluding hydrogens is 466 g/mol. The molecule has 0 aliphatic heterocycles. The van der Waals surface area contributed by atoms with Gasteiger partial charge in [-0.25, -0.2) is 4.98 Å². The van der Waals surface area contributed by atoms with Crippen molar-refractivity contribution < 1.29 is 19.2 Å². The number of carbonyl (C=O) groups is 2. The number of hydrogen-bond donors (Lipinski definition) is 4. The molecule has 36 heavy (non-hydrogen) atoms. The summed E-state index contributed by atoms with van der Waals surface area (Å²) in [5, 5.41) is 14.1. The average molecular weight is 494 g/mol. The maximum absolute atomic E-state index is 12.9. The Morgan fingerprint density at radius 3 is 2.50 bits per heavy atom. The third kappa shape index (κ3) is 7.13. The van der Waals surface area contributed by atoms with Crippen LogP contribution in [0.15, 0.2) is 59.6 Å². The summed E-state index contributed by atoms with van der Waals surface area (Å²) in [7, 11) is 0. The first-order valence-corrected chi connectivity index (χ1v) is 11.2. The SMILES string of the molecule is NC(=O)[C@H](CCCN=C(N)N)NC(=O)c1cc(OCCc2ccc([N+](=O)[O-])cc2)c2ccccc2n1. The van der Waals surface area contributed by atoms with Crippen molar-refractivity contribution in [1.29, 1.82) is 0 Å². The smallest absolute Gasteiger partial charge is 0.270 e. The maximum Gasteiger partial charge on any atom is 0.270 e. The third-order valence-corrected chi connectivity index (χ3v) is 5.30. The van der Waals surface area contributed by atoms with E-state index < -0.39 is 22.8 Å². The van der Waals surface area contributed by atoms with Crippen LogP contribution >= 0.6 is 0 Å². The number of nitro groups is 1. The Kier molecular flexibility index (Phi) is 8.70. The molecule has 0 fully saturated rings. The molecule has 12 heteroatoms. The summed E-state index contributed by atoms with van der Waals surface area (Å²) >= 11 is 0. The molecule has 7 N–H and O–H groups in total. The third-order valence-electron chi connectivity index (χ3n) is 5.30. The predicted octanol–water partition coefficient (Wildman–Crippen LogP) is 1.40. The Hall–Kier alpha value is -4.74. The quantitative estimate of drug-likeness (QED) is 0.0952. The van der Waals surface area contributed by atoms with Crippen LogP contribution in [0.5, 0.6) is 5.75 Å². The topological polar surface area (TPSA) is 202 Å². The first-order valence-electron chi connectivity index (χ1n) is 11.2. The van der Waals surface area contributed by atoms with Gasteiger partial charge in [0.25, 0.3) is 11.6 Å². The van der Waals surface area contributed by atoms with Crippen LogP contribution in [0.3, 0.4) is 0 Å². The van der Waals surface area contributed by atoms with E-state index in [0.717, 1.165) is 5.56 Å². The number of fused-ring (bicyclic) bond motifs is 1. The van der Waals surface area contributed by atoms with Crippen molar-refractivity contribution >= 4 is 34.4 Å². The molecule has 0 aliphatic rings. The number of nitro benzene ring substituents is 1. The van der Waals surface area contributed by atoms with Crippen LogP contribution in [-0.2, 0) is 11.2 Å². The number of nitrogens with two attached hydrogens (primary N) is 3. The van der Waals surface area contributed by atoms with E-state index in [4.69, 9.17) is 21.9 Å². The Labute approximate surface area is 206 Å². The molecule has 3 aromatic rings. The van der Waals surface area contributed by atoms with Crippen LogP contribution < -0.4 is 27.3 Å². The van der Waals surface area contributed by atoms with Crippen molar-refractivity contribution in [3.63, 3.8) is 0 Å². The summed E-state index contributed by atoms with van der Waals surface area (Å²) in [6, 6.07) is 14.0. The van der Waals surface area contributed by atoms with Gasteiger partial charge in [-0.3, -0.25) is 24.7 Å². The van der Waals surface area contributed by atoms with Crippen LogP contribution in [0.1, 0.15) is 28.9 Å². The van der Waals surface area contributed by atoms with Gasteiger partial charge < -0.3 is 27.3 Å². The highest BCUT2D eigenvalue weighted by Gasteiger charge is 2.21. The van der Waals surface area contributed by atoms with Crippen molar-refractivity contribution in [3.8, 4) is 5.75 Å². The Balaban J connectivity index is 1.72. The van der Waals surface area contributed by atoms with Gasteiger partial charge in [0.2, 0.25) is 5.91 Å². The number of hydrogen-bond acceptors (Lipinski definition) is 7. The fourth-order valence-corrected chi connectivity index (χ4v) is 3.46. The van der Waals surface area contributed by atoms with E-state index in [0.29, 0.717) is 36.0 Å². The summed E-state index contributed by atoms with van der Waals surface area (Å²) in [5.74, 6) is -0.882. The molecule has 0 unspecified atom stereocenters. The first-order chi connectivity index (χ1) is 17.2. The molecule has 12 nitrogen and oxygen atoms in total. The molecule has 0 saturated carbocycles. The van der Waals surface area contributed by atoms with E-state index in [2.05, 4.69) is 15.3 Å². The number of ether oxygens (including phenoxy) is 1. The second-order valence-electron chi connectivity index (χ2n) is 7.92. The summed E-state index contributed by atoms with van der Waals surface area (Å²) in [6.07, 6.45) is 1.19. The lowest BCUT2D eigenvalue weighted by Crippen LogP contribution is -2.44. The van der Waals surface area contributed by atoms with E-state index in [1.807, 2.05) is 12.1 Å². The zero-order chi connectivity index (χ0) is 26.1. The summed E-state index contributed by atoms with van der Waals surface area (Å²) in [6.45, 7) is 0.560. The summed E-state index contributed by atoms with van der Waals surface area (Å²) < 4.78 is 5.96. The fourth-order valence-electron chi connectivity index (χ4n) is 3.46. The van der Waals surface area contributed by atoms with Gasteiger partial charge in [-0.15, -0.1) is 0 Å². The van der Waals surface area contributed by atoms with Crippen LogP contribution in [-0.4, -0.2) is 46.9 Å². The molecule has 1 aromatic heterocycles. The molecule has 0 saturated heterocycles. The molecule has 1 atom stereocenters. The Morgan fingerprint density at radius 1 is 1.11 bits per heavy atom. The van der Waals surface area contributed by atoms with E-state index in [9.17, 15) is 19.7 Å². The second-order valence-corrected chi connectivity index (χ2v) is 7.92. The fraction of sp³-hybridized carbons (Fsp3) is 0.250. The second kappa shape index (κ2) is 12.1. The minimum Gasteiger partial charge on any atom is -0.492 e. The van der Waals surface area contributed by atoms with Gasteiger partial charge in [0.15, 0.2) is 5.96 Å². The van der Waals surface area contributed by atoms with Gasteiger partial charge >= 0.3 is 0 Å². The van der Waals surface area contributed by atoms with Crippen molar-refractivity contribution in [2.45, 2.75) is 25.3 Å². The number of non-ortho nitro benzene ring substituents is 1. The molecule has 3 rings (SSSR count). The van der Waals surface area contributed by atoms with Gasteiger partial charge in [-0.1, -0.05) is 24.3 Å². The van der Waals surface area contributed by atoms with Crippen molar-refractivity contribution in [1.82, 2.24) is 10.3 Å². The number of amides is 2. The maximum atomic E-state index is 12.9. The lowest BCUT2D eigenvalue weighted by Gasteiger charge is -2.16. The molecule has 188 valence electrons. The molecule has 2 amide bonds. The van der Waals surface area contributed by atoms with Crippen molar-refractivity contribution in [3.05, 3.63) is 76.0 Å². The highest BCUT2D eigenvalue weighted by Crippen LogP contribution is 2.26. The van der Waals surface area contributed by atoms with Gasteiger partial charge in [-0.05, 0) is 30.5 Å². The van der Waals surface area contributed by atoms with Crippen molar-refractivity contribution in [2.24, 2.45) is 22.2 Å². The molecule has 0 aliphatic carbocycles. The monoisotopic (exact) mass is 493 g/mol. The van der Waals surface area contributed by atoms with E-state index in [1.165, 1.54) is 18.2 Å². The predicted molar refractivity (Wildman–Crippen MR) is 134 cm³/mol. The minimum absolute atomic E-state index is 0.0148. The number of guanidine groups is 1. The van der Waals surface area contributed by atoms with Gasteiger partial charge in [0, 0.05) is 36.6 Å². The molecule has 2 aromatic carbocycles. The van der Waals surface area contributed by atoms with Gasteiger partial charge in [0.05, 0.1) is 17.0 Å². The first kappa shape index (κ1) is 25.9. The zero-order valence-electron chi connectivity index (χ0n) is 19.4. The number of carbonyl (C=O) groups excluding carboxylic acids is 2. The number of primary amides is 1. The van der Waals surface area contributed by atoms with Crippen molar-refractivity contribution in [2.75, 3.05) is 13.2 Å². The largest absolute Gasteiger partial charge is 0.492 e. The Bertz CT molecular complexity index is 1270. The Morgan fingerprint density at radius 2 is 1.83 bits per heavy atom. The highest BCUT2D eigenvalue weighted by molar-refractivity contribution is 5.99. The number of nitrogens with one attached hydrogen (secondary N) is 1. The normalized spacial score (nSPS) is 11.4. The number of nitrogens with zero attached hydrogens (tertiary/aromatic N) is 3. The highest BCUT2D eigenvalue weighted by atomic mass is 16.6. The molecule has 1 heterocycles. The lowest BCUT2D eigenvalue weighted by molar-refractivity contribution is -0.384. The lowest BCUT2D eigenvalue weighted by atomic mass is 10.1. The standard InChI is InChI=1S/C24H27N7O5/c25-22(32)19(6-3-12-28-24(26)27)30-23(33)20-14-21(17-4-1-2-5-18(17)29-20)36-13-11-15-7-9-16(10-8-15)31(34)35/h1-2,4-5,7-10,14,19H,3,6,11-13H2,(H2,25,32)(H,30,33)(H4,26,27,28)/t19-/m0/s1. The number of aromatic nitrogens is 1. The van der Waals surface area contributed by atoms with Crippen LogP contribution in [0, 0.1) is 10.1 Å². The van der Waals surface area contributed by atoms with E-state index in [-0.39, 0.29) is 30.4 Å². The van der Waals surface area contributed by atoms with Gasteiger partial charge in [0.1, 0.15) is 17.5 Å². The number of pyridine rings is 1. The number of para-hydroxylation sites is 1. The number of aliphatic imine (C=N–C) groups is 1. The summed E-state index contributed by atoms with van der Waals surface area (Å²) in [4.78, 5) is 43.4. The van der Waals surface area contributed by atoms with E-state index >= 15 is 0 Å².